The van der Waals surface area contributed by atoms with E-state index in [1.165, 1.54) is 16.3 Å². The van der Waals surface area contributed by atoms with Gasteiger partial charge in [0.15, 0.2) is 6.61 Å². The third-order valence-electron chi connectivity index (χ3n) is 4.07. The van der Waals surface area contributed by atoms with E-state index in [1.54, 1.807) is 0 Å². The average molecular weight is 398 g/mol. The van der Waals surface area contributed by atoms with Gasteiger partial charge in [-0.1, -0.05) is 49.4 Å². The summed E-state index contributed by atoms with van der Waals surface area (Å²) in [6.45, 7) is 2.59. The highest BCUT2D eigenvalue weighted by Crippen LogP contribution is 2.26. The number of hydrogen-bond donors (Lipinski definition) is 1. The zero-order valence-corrected chi connectivity index (χ0v) is 15.7. The number of carbonyl (C=O) groups excluding carboxylic acids is 1. The lowest BCUT2D eigenvalue weighted by molar-refractivity contribution is -0.123. The second kappa shape index (κ2) is 8.17. The molecule has 0 atom stereocenters. The highest BCUT2D eigenvalue weighted by atomic mass is 79.9. The van der Waals surface area contributed by atoms with E-state index in [2.05, 4.69) is 52.4 Å². The van der Waals surface area contributed by atoms with E-state index >= 15 is 0 Å². The van der Waals surface area contributed by atoms with E-state index in [4.69, 9.17) is 4.74 Å². The standard InChI is InChI=1S/C21H20BrNO2/c1-2-15-8-10-20(19(22)12-15)25-14-21(24)23-13-16-7-9-17-5-3-4-6-18(17)11-16/h3-12H,2,13-14H2,1H3,(H,23,24). The third-order valence-corrected chi connectivity index (χ3v) is 4.69. The van der Waals surface area contributed by atoms with E-state index in [9.17, 15) is 4.79 Å². The molecule has 1 N–H and O–H groups in total. The molecule has 25 heavy (non-hydrogen) atoms. The largest absolute Gasteiger partial charge is 0.483 e. The number of rotatable bonds is 6. The van der Waals surface area contributed by atoms with E-state index < -0.39 is 0 Å². The Labute approximate surface area is 156 Å². The van der Waals surface area contributed by atoms with Gasteiger partial charge < -0.3 is 10.1 Å². The molecular formula is C21H20BrNO2. The summed E-state index contributed by atoms with van der Waals surface area (Å²) in [5.41, 5.74) is 2.29. The van der Waals surface area contributed by atoms with E-state index in [0.717, 1.165) is 16.5 Å². The lowest BCUT2D eigenvalue weighted by Crippen LogP contribution is -2.28. The van der Waals surface area contributed by atoms with Crippen molar-refractivity contribution in [3.8, 4) is 5.75 Å². The summed E-state index contributed by atoms with van der Waals surface area (Å²) in [4.78, 5) is 12.0. The van der Waals surface area contributed by atoms with Gasteiger partial charge in [-0.2, -0.15) is 0 Å². The summed E-state index contributed by atoms with van der Waals surface area (Å²) in [5.74, 6) is 0.540. The lowest BCUT2D eigenvalue weighted by atomic mass is 10.1. The fraction of sp³-hybridized carbons (Fsp3) is 0.190. The first-order valence-corrected chi connectivity index (χ1v) is 9.10. The first kappa shape index (κ1) is 17.5. The van der Waals surface area contributed by atoms with Gasteiger partial charge in [0.1, 0.15) is 5.75 Å². The van der Waals surface area contributed by atoms with Crippen LogP contribution in [-0.4, -0.2) is 12.5 Å². The van der Waals surface area contributed by atoms with Crippen molar-refractivity contribution < 1.29 is 9.53 Å². The average Bonchev–Trinajstić information content (AvgIpc) is 2.65. The summed E-state index contributed by atoms with van der Waals surface area (Å²) in [7, 11) is 0. The number of carbonyl (C=O) groups is 1. The smallest absolute Gasteiger partial charge is 0.258 e. The van der Waals surface area contributed by atoms with Crippen LogP contribution in [0.3, 0.4) is 0 Å². The molecular weight excluding hydrogens is 378 g/mol. The van der Waals surface area contributed by atoms with Gasteiger partial charge in [0.2, 0.25) is 0 Å². The molecule has 128 valence electrons. The molecule has 0 bridgehead atoms. The summed E-state index contributed by atoms with van der Waals surface area (Å²) < 4.78 is 6.47. The number of fused-ring (bicyclic) bond motifs is 1. The molecule has 0 unspecified atom stereocenters. The van der Waals surface area contributed by atoms with Gasteiger partial charge in [-0.25, -0.2) is 0 Å². The van der Waals surface area contributed by atoms with Crippen LogP contribution in [0.4, 0.5) is 0 Å². The second-order valence-corrected chi connectivity index (χ2v) is 6.72. The van der Waals surface area contributed by atoms with E-state index in [-0.39, 0.29) is 12.5 Å². The molecule has 0 aliphatic rings. The predicted molar refractivity (Wildman–Crippen MR) is 105 cm³/mol. The summed E-state index contributed by atoms with van der Waals surface area (Å²) in [6.07, 6.45) is 0.963. The van der Waals surface area contributed by atoms with Crippen LogP contribution in [0, 0.1) is 0 Å². The number of ether oxygens (including phenoxy) is 1. The summed E-state index contributed by atoms with van der Waals surface area (Å²) >= 11 is 3.48. The normalized spacial score (nSPS) is 10.6. The molecule has 0 saturated heterocycles. The van der Waals surface area contributed by atoms with Crippen molar-refractivity contribution in [1.82, 2.24) is 5.32 Å². The van der Waals surface area contributed by atoms with Crippen molar-refractivity contribution in [2.24, 2.45) is 0 Å². The van der Waals surface area contributed by atoms with E-state index in [1.807, 2.05) is 36.4 Å². The first-order chi connectivity index (χ1) is 12.2. The van der Waals surface area contributed by atoms with Crippen molar-refractivity contribution in [2.45, 2.75) is 19.9 Å². The van der Waals surface area contributed by atoms with Gasteiger partial charge in [0.25, 0.3) is 5.91 Å². The van der Waals surface area contributed by atoms with Crippen molar-refractivity contribution in [3.05, 3.63) is 76.3 Å². The molecule has 0 aliphatic carbocycles. The summed E-state index contributed by atoms with van der Waals surface area (Å²) in [5, 5.41) is 5.26. The number of nitrogens with one attached hydrogen (secondary N) is 1. The van der Waals surface area contributed by atoms with Crippen molar-refractivity contribution in [1.29, 1.82) is 0 Å². The quantitative estimate of drug-likeness (QED) is 0.644. The Kier molecular flexibility index (Phi) is 5.71. The Hall–Kier alpha value is -2.33. The minimum atomic E-state index is -0.139. The Balaban J connectivity index is 1.53. The van der Waals surface area contributed by atoms with Crippen LogP contribution in [0.5, 0.6) is 5.75 Å². The number of hydrogen-bond acceptors (Lipinski definition) is 2. The maximum atomic E-state index is 12.0. The maximum Gasteiger partial charge on any atom is 0.258 e. The molecule has 3 nitrogen and oxygen atoms in total. The van der Waals surface area contributed by atoms with Crippen molar-refractivity contribution >= 4 is 32.6 Å². The van der Waals surface area contributed by atoms with E-state index in [0.29, 0.717) is 12.3 Å². The fourth-order valence-electron chi connectivity index (χ4n) is 2.63. The zero-order valence-electron chi connectivity index (χ0n) is 14.1. The van der Waals surface area contributed by atoms with Crippen LogP contribution in [-0.2, 0) is 17.8 Å². The Bertz CT molecular complexity index is 892. The number of benzene rings is 3. The number of amides is 1. The van der Waals surface area contributed by atoms with Crippen LogP contribution in [0.15, 0.2) is 65.1 Å². The lowest BCUT2D eigenvalue weighted by Gasteiger charge is -2.10. The van der Waals surface area contributed by atoms with Gasteiger partial charge in [-0.3, -0.25) is 4.79 Å². The van der Waals surface area contributed by atoms with Crippen molar-refractivity contribution in [2.75, 3.05) is 6.61 Å². The number of aryl methyl sites for hydroxylation is 1. The van der Waals surface area contributed by atoms with Gasteiger partial charge in [-0.05, 0) is 62.4 Å². The predicted octanol–water partition coefficient (Wildman–Crippen LogP) is 4.86. The van der Waals surface area contributed by atoms with Gasteiger partial charge in [0.05, 0.1) is 4.47 Å². The molecule has 3 aromatic carbocycles. The molecule has 0 saturated carbocycles. The molecule has 0 fully saturated rings. The van der Waals surface area contributed by atoms with Crippen LogP contribution < -0.4 is 10.1 Å². The molecule has 0 aliphatic heterocycles. The fourth-order valence-corrected chi connectivity index (χ4v) is 3.17. The molecule has 0 radical (unpaired) electrons. The SMILES string of the molecule is CCc1ccc(OCC(=O)NCc2ccc3ccccc3c2)c(Br)c1. The molecule has 0 aromatic heterocycles. The molecule has 0 heterocycles. The topological polar surface area (TPSA) is 38.3 Å². The molecule has 3 rings (SSSR count). The Morgan fingerprint density at radius 1 is 1.00 bits per heavy atom. The van der Waals surface area contributed by atoms with Gasteiger partial charge in [0, 0.05) is 6.54 Å². The van der Waals surface area contributed by atoms with Gasteiger partial charge >= 0.3 is 0 Å². The number of halogens is 1. The van der Waals surface area contributed by atoms with Gasteiger partial charge in [-0.15, -0.1) is 0 Å². The van der Waals surface area contributed by atoms with Crippen LogP contribution in [0.25, 0.3) is 10.8 Å². The highest BCUT2D eigenvalue weighted by Gasteiger charge is 2.06. The molecule has 3 aromatic rings. The second-order valence-electron chi connectivity index (χ2n) is 5.87. The summed E-state index contributed by atoms with van der Waals surface area (Å²) in [6, 6.07) is 20.3. The zero-order chi connectivity index (χ0) is 17.6. The minimum Gasteiger partial charge on any atom is -0.483 e. The molecule has 0 spiro atoms. The van der Waals surface area contributed by atoms with Crippen LogP contribution in [0.2, 0.25) is 0 Å². The Morgan fingerprint density at radius 3 is 2.52 bits per heavy atom. The minimum absolute atomic E-state index is 0.00233. The van der Waals surface area contributed by atoms with Crippen molar-refractivity contribution in [3.63, 3.8) is 0 Å². The first-order valence-electron chi connectivity index (χ1n) is 8.31. The van der Waals surface area contributed by atoms with Crippen LogP contribution in [0.1, 0.15) is 18.1 Å². The third kappa shape index (κ3) is 4.60. The highest BCUT2D eigenvalue weighted by molar-refractivity contribution is 9.10. The van der Waals surface area contributed by atoms with Crippen LogP contribution >= 0.6 is 15.9 Å². The molecule has 1 amide bonds. The monoisotopic (exact) mass is 397 g/mol. The maximum absolute atomic E-state index is 12.0. The molecule has 4 heteroatoms. The Morgan fingerprint density at radius 2 is 1.76 bits per heavy atom.